The van der Waals surface area contributed by atoms with Crippen molar-refractivity contribution in [3.8, 4) is 22.3 Å². The summed E-state index contributed by atoms with van der Waals surface area (Å²) in [6.45, 7) is 14.6. The lowest BCUT2D eigenvalue weighted by molar-refractivity contribution is -0.144. The van der Waals surface area contributed by atoms with Crippen LogP contribution >= 0.6 is 0 Å². The van der Waals surface area contributed by atoms with Crippen LogP contribution in [-0.2, 0) is 28.8 Å². The number of rotatable bonds is 17. The van der Waals surface area contributed by atoms with Gasteiger partial charge in [-0.05, 0) is 114 Å². The van der Waals surface area contributed by atoms with E-state index in [0.717, 1.165) is 44.5 Å². The summed E-state index contributed by atoms with van der Waals surface area (Å²) >= 11 is 0. The SMILES string of the molecule is CN[C@@H](C)C(=O)N[C@H](C(=O)N1C[C@@H](CC(=O)c2ccc(C(=O)N[C@H]3C[C@@H](C(=O)NC4c5ccccc5-c5ccccc54)N(C(=O)[C@@H](NC(=O)[C@H](C)NC)C(C)(C)C)C3)cc2)C[C@H]1C(=O)NC1c2ccccc2-c2ccccc21)C(C)(C)C. The normalized spacial score (nSPS) is 19.8. The molecule has 7 N–H and O–H groups in total. The summed E-state index contributed by atoms with van der Waals surface area (Å²) in [5.41, 5.74) is 6.85. The van der Waals surface area contributed by atoms with Crippen molar-refractivity contribution in [2.75, 3.05) is 27.2 Å². The molecule has 2 heterocycles. The van der Waals surface area contributed by atoms with E-state index in [1.807, 2.05) is 139 Å². The number of carbonyl (C=O) groups excluding carboxylic acids is 8. The molecular weight excluding hydrogens is 1030 g/mol. The molecule has 0 spiro atoms. The summed E-state index contributed by atoms with van der Waals surface area (Å²) in [6, 6.07) is 31.0. The molecule has 17 heteroatoms. The van der Waals surface area contributed by atoms with Crippen molar-refractivity contribution in [3.05, 3.63) is 155 Å². The maximum Gasteiger partial charge on any atom is 0.251 e. The first-order valence-electron chi connectivity index (χ1n) is 28.5. The number of Topliss-reactive ketones (excluding diaryl/α,β-unsaturated/α-hetero) is 1. The minimum atomic E-state index is -1.01. The summed E-state index contributed by atoms with van der Waals surface area (Å²) in [7, 11) is 3.31. The summed E-state index contributed by atoms with van der Waals surface area (Å²) in [4.78, 5) is 117. The first-order chi connectivity index (χ1) is 39.0. The van der Waals surface area contributed by atoms with Crippen molar-refractivity contribution in [2.45, 2.75) is 129 Å². The smallest absolute Gasteiger partial charge is 0.251 e. The second-order valence-corrected chi connectivity index (χ2v) is 24.6. The van der Waals surface area contributed by atoms with E-state index >= 15 is 0 Å². The minimum absolute atomic E-state index is 0.00513. The lowest BCUT2D eigenvalue weighted by Gasteiger charge is -2.36. The molecule has 2 fully saturated rings. The second-order valence-electron chi connectivity index (χ2n) is 24.6. The van der Waals surface area contributed by atoms with Crippen LogP contribution in [0.3, 0.4) is 0 Å². The van der Waals surface area contributed by atoms with Gasteiger partial charge in [0, 0.05) is 36.7 Å². The third-order valence-electron chi connectivity index (χ3n) is 16.8. The lowest BCUT2D eigenvalue weighted by Crippen LogP contribution is -2.59. The van der Waals surface area contributed by atoms with Crippen LogP contribution in [0.5, 0.6) is 0 Å². The van der Waals surface area contributed by atoms with Crippen LogP contribution in [0, 0.1) is 16.7 Å². The first-order valence-corrected chi connectivity index (χ1v) is 28.5. The van der Waals surface area contributed by atoms with Gasteiger partial charge < -0.3 is 47.0 Å². The molecule has 2 aliphatic heterocycles. The standard InChI is InChI=1S/C65H77N9O8/c1-36(66-9)57(76)71-55(64(3,4)5)62(81)73-34-38(31-50(73)60(79)69-53-46-23-15-11-19-42(46)43-20-12-16-24-47(43)53)32-52(75)39-27-29-40(30-28-39)59(78)68-41-33-51(74(35-41)63(82)56(65(6,7)8)72-58(77)37(2)67-10)61(80)70-54-48-25-17-13-21-44(48)45-22-14-18-26-49(45)54/h11-30,36-38,41,50-51,53-56,66-67H,31-35H2,1-10H3,(H,68,78)(H,69,79)(H,70,80)(H,71,76)(H,72,77)/t36-,37-,38+,41-,50-,51-,55+,56+/m0/s1. The number of nitrogens with zero attached hydrogens (tertiary/aromatic N) is 2. The number of fused-ring (bicyclic) bond motifs is 6. The van der Waals surface area contributed by atoms with E-state index in [-0.39, 0.29) is 61.4 Å². The van der Waals surface area contributed by atoms with E-state index in [9.17, 15) is 38.4 Å². The maximum absolute atomic E-state index is 14.8. The van der Waals surface area contributed by atoms with Crippen LogP contribution in [0.1, 0.15) is 130 Å². The Bertz CT molecular complexity index is 2990. The predicted molar refractivity (Wildman–Crippen MR) is 314 cm³/mol. The van der Waals surface area contributed by atoms with E-state index in [4.69, 9.17) is 0 Å². The van der Waals surface area contributed by atoms with Gasteiger partial charge in [-0.25, -0.2) is 0 Å². The third kappa shape index (κ3) is 12.0. The van der Waals surface area contributed by atoms with Gasteiger partial charge in [0.1, 0.15) is 24.2 Å². The van der Waals surface area contributed by atoms with E-state index in [1.54, 1.807) is 52.2 Å². The molecule has 82 heavy (non-hydrogen) atoms. The van der Waals surface area contributed by atoms with E-state index in [2.05, 4.69) is 37.2 Å². The van der Waals surface area contributed by atoms with E-state index < -0.39 is 94.8 Å². The fourth-order valence-corrected chi connectivity index (χ4v) is 12.0. The fraction of sp³-hybridized carbons (Fsp3) is 0.415. The Kier molecular flexibility index (Phi) is 17.0. The van der Waals surface area contributed by atoms with Crippen molar-refractivity contribution in [1.29, 1.82) is 0 Å². The maximum atomic E-state index is 14.8. The predicted octanol–water partition coefficient (Wildman–Crippen LogP) is 6.23. The highest BCUT2D eigenvalue weighted by Crippen LogP contribution is 2.45. The number of nitrogens with one attached hydrogen (secondary N) is 7. The number of carbonyl (C=O) groups is 8. The number of ketones is 1. The van der Waals surface area contributed by atoms with Crippen LogP contribution in [0.15, 0.2) is 121 Å². The summed E-state index contributed by atoms with van der Waals surface area (Å²) in [6.07, 6.45) is 0.276. The quantitative estimate of drug-likeness (QED) is 0.0520. The molecule has 0 radical (unpaired) electrons. The van der Waals surface area contributed by atoms with E-state index in [0.29, 0.717) is 5.56 Å². The van der Waals surface area contributed by atoms with Crippen molar-refractivity contribution < 1.29 is 38.4 Å². The van der Waals surface area contributed by atoms with Gasteiger partial charge in [0.25, 0.3) is 5.91 Å². The Hall–Kier alpha value is -8.02. The molecule has 8 atom stereocenters. The average Bonchev–Trinajstić information content (AvgIpc) is 3.38. The Balaban J connectivity index is 0.915. The van der Waals surface area contributed by atoms with Gasteiger partial charge >= 0.3 is 0 Å². The molecule has 4 aliphatic rings. The highest BCUT2D eigenvalue weighted by atomic mass is 16.2. The highest BCUT2D eigenvalue weighted by Gasteiger charge is 2.48. The van der Waals surface area contributed by atoms with Crippen LogP contribution in [0.2, 0.25) is 0 Å². The molecule has 0 aromatic heterocycles. The molecule has 0 bridgehead atoms. The van der Waals surface area contributed by atoms with Crippen LogP contribution in [0.25, 0.3) is 22.3 Å². The molecule has 5 aromatic carbocycles. The van der Waals surface area contributed by atoms with Crippen LogP contribution in [-0.4, -0.2) is 126 Å². The van der Waals surface area contributed by atoms with Crippen molar-refractivity contribution in [3.63, 3.8) is 0 Å². The van der Waals surface area contributed by atoms with Crippen molar-refractivity contribution >= 4 is 47.1 Å². The van der Waals surface area contributed by atoms with Gasteiger partial charge in [-0.3, -0.25) is 38.4 Å². The van der Waals surface area contributed by atoms with Gasteiger partial charge in [-0.1, -0.05) is 151 Å². The minimum Gasteiger partial charge on any atom is -0.347 e. The largest absolute Gasteiger partial charge is 0.347 e. The topological polar surface area (TPSA) is 227 Å². The third-order valence-corrected chi connectivity index (χ3v) is 16.8. The molecule has 430 valence electrons. The Morgan fingerprint density at radius 1 is 0.488 bits per heavy atom. The van der Waals surface area contributed by atoms with E-state index in [1.165, 1.54) is 9.80 Å². The highest BCUT2D eigenvalue weighted by molar-refractivity contribution is 6.00. The molecule has 0 saturated carbocycles. The molecule has 7 amide bonds. The summed E-state index contributed by atoms with van der Waals surface area (Å²) < 4.78 is 0. The number of likely N-dealkylation sites (tertiary alicyclic amines) is 2. The van der Waals surface area contributed by atoms with Gasteiger partial charge in [0.05, 0.1) is 24.2 Å². The molecule has 0 unspecified atom stereocenters. The number of likely N-dealkylation sites (N-methyl/N-ethyl adjacent to an activating group) is 2. The average molecular weight is 1110 g/mol. The van der Waals surface area contributed by atoms with Crippen molar-refractivity contribution in [1.82, 2.24) is 47.0 Å². The Labute approximate surface area is 480 Å². The number of hydrogen-bond acceptors (Lipinski definition) is 10. The molecule has 17 nitrogen and oxygen atoms in total. The Morgan fingerprint density at radius 2 is 0.854 bits per heavy atom. The molecule has 5 aromatic rings. The fourth-order valence-electron chi connectivity index (χ4n) is 12.0. The zero-order valence-corrected chi connectivity index (χ0v) is 48.5. The molecular formula is C65H77N9O8. The number of amides is 7. The van der Waals surface area contributed by atoms with Crippen LogP contribution in [0.4, 0.5) is 0 Å². The molecule has 9 rings (SSSR count). The zero-order valence-electron chi connectivity index (χ0n) is 48.5. The second kappa shape index (κ2) is 23.8. The zero-order chi connectivity index (χ0) is 58.9. The number of hydrogen-bond donors (Lipinski definition) is 7. The summed E-state index contributed by atoms with van der Waals surface area (Å²) in [5, 5.41) is 21.3. The Morgan fingerprint density at radius 3 is 1.24 bits per heavy atom. The van der Waals surface area contributed by atoms with Gasteiger partial charge in [-0.15, -0.1) is 0 Å². The van der Waals surface area contributed by atoms with Gasteiger partial charge in [0.15, 0.2) is 5.78 Å². The lowest BCUT2D eigenvalue weighted by atomic mass is 9.85. The monoisotopic (exact) mass is 1110 g/mol. The number of benzene rings is 5. The molecule has 2 aliphatic carbocycles. The van der Waals surface area contributed by atoms with Crippen molar-refractivity contribution in [2.24, 2.45) is 16.7 Å². The van der Waals surface area contributed by atoms with Crippen LogP contribution < -0.4 is 37.2 Å². The molecule has 2 saturated heterocycles. The first kappa shape index (κ1) is 58.6. The van der Waals surface area contributed by atoms with Gasteiger partial charge in [-0.2, -0.15) is 0 Å². The summed E-state index contributed by atoms with van der Waals surface area (Å²) in [5.74, 6) is -3.55. The van der Waals surface area contributed by atoms with Gasteiger partial charge in [0.2, 0.25) is 35.4 Å².